The van der Waals surface area contributed by atoms with Crippen LogP contribution in [0.1, 0.15) is 45.4 Å². The molecule has 0 spiro atoms. The van der Waals surface area contributed by atoms with Crippen LogP contribution in [0.15, 0.2) is 0 Å². The Morgan fingerprint density at radius 2 is 2.24 bits per heavy atom. The highest BCUT2D eigenvalue weighted by Gasteiger charge is 2.23. The topological polar surface area (TPSA) is 61.8 Å². The lowest BCUT2D eigenvalue weighted by molar-refractivity contribution is -0.132. The summed E-state index contributed by atoms with van der Waals surface area (Å²) in [6.45, 7) is 3.95. The van der Waals surface area contributed by atoms with Gasteiger partial charge in [-0.25, -0.2) is 0 Å². The van der Waals surface area contributed by atoms with Crippen LogP contribution < -0.4 is 5.32 Å². The molecule has 1 heterocycles. The number of nitrogens with zero attached hydrogens (tertiary/aromatic N) is 1. The fourth-order valence-corrected chi connectivity index (χ4v) is 3.32. The number of hydrogen-bond acceptors (Lipinski definition) is 4. The fourth-order valence-electron chi connectivity index (χ4n) is 3.32. The predicted molar refractivity (Wildman–Crippen MR) is 82.0 cm³/mol. The maximum absolute atomic E-state index is 11.4. The smallest absolute Gasteiger partial charge is 0.222 e. The van der Waals surface area contributed by atoms with E-state index >= 15 is 0 Å². The zero-order chi connectivity index (χ0) is 15.2. The number of aliphatic hydroxyl groups excluding tert-OH is 1. The van der Waals surface area contributed by atoms with Crippen LogP contribution in [0.2, 0.25) is 0 Å². The van der Waals surface area contributed by atoms with Crippen LogP contribution in [0.25, 0.3) is 0 Å². The minimum Gasteiger partial charge on any atom is -0.389 e. The Bertz CT molecular complexity index is 337. The molecule has 122 valence electrons. The Kier molecular flexibility index (Phi) is 6.45. The second kappa shape index (κ2) is 8.11. The fraction of sp³-hybridized carbons (Fsp3) is 0.938. The van der Waals surface area contributed by atoms with Crippen LogP contribution >= 0.6 is 0 Å². The van der Waals surface area contributed by atoms with Crippen LogP contribution in [0, 0.1) is 5.92 Å². The van der Waals surface area contributed by atoms with Gasteiger partial charge in [-0.05, 0) is 25.2 Å². The number of carbonyl (C=O) groups is 1. The maximum atomic E-state index is 11.4. The second-order valence-electron chi connectivity index (χ2n) is 6.80. The summed E-state index contributed by atoms with van der Waals surface area (Å²) >= 11 is 0. The molecule has 4 unspecified atom stereocenters. The van der Waals surface area contributed by atoms with E-state index in [9.17, 15) is 9.90 Å². The SMILES string of the molecule is CC1CCCC(OCC(O)CNC2CCC(=O)N(C)C2)C1. The van der Waals surface area contributed by atoms with Crippen molar-refractivity contribution in [2.45, 2.75) is 63.7 Å². The number of piperidine rings is 1. The number of hydrogen-bond donors (Lipinski definition) is 2. The van der Waals surface area contributed by atoms with Crippen LogP contribution in [-0.2, 0) is 9.53 Å². The summed E-state index contributed by atoms with van der Waals surface area (Å²) in [6, 6.07) is 0.289. The molecule has 21 heavy (non-hydrogen) atoms. The van der Waals surface area contributed by atoms with Crippen molar-refractivity contribution in [2.75, 3.05) is 26.7 Å². The summed E-state index contributed by atoms with van der Waals surface area (Å²) in [5, 5.41) is 13.4. The first-order valence-corrected chi connectivity index (χ1v) is 8.31. The zero-order valence-corrected chi connectivity index (χ0v) is 13.4. The third kappa shape index (κ3) is 5.57. The number of aliphatic hydroxyl groups is 1. The zero-order valence-electron chi connectivity index (χ0n) is 13.4. The lowest BCUT2D eigenvalue weighted by atomic mass is 9.89. The molecule has 1 saturated heterocycles. The Labute approximate surface area is 128 Å². The van der Waals surface area contributed by atoms with Crippen molar-refractivity contribution in [3.63, 3.8) is 0 Å². The quantitative estimate of drug-likeness (QED) is 0.772. The van der Waals surface area contributed by atoms with Crippen LogP contribution in [0.4, 0.5) is 0 Å². The molecule has 2 fully saturated rings. The molecule has 0 aromatic rings. The summed E-state index contributed by atoms with van der Waals surface area (Å²) in [5.74, 6) is 0.956. The summed E-state index contributed by atoms with van der Waals surface area (Å²) < 4.78 is 5.84. The van der Waals surface area contributed by atoms with Gasteiger partial charge in [0.1, 0.15) is 0 Å². The van der Waals surface area contributed by atoms with Gasteiger partial charge in [0.2, 0.25) is 5.91 Å². The van der Waals surface area contributed by atoms with E-state index in [2.05, 4.69) is 12.2 Å². The molecule has 1 saturated carbocycles. The average Bonchev–Trinajstić information content (AvgIpc) is 2.46. The van der Waals surface area contributed by atoms with Crippen molar-refractivity contribution in [1.82, 2.24) is 10.2 Å². The number of carbonyl (C=O) groups excluding carboxylic acids is 1. The second-order valence-corrected chi connectivity index (χ2v) is 6.80. The molecule has 1 amide bonds. The molecule has 2 aliphatic rings. The third-order valence-electron chi connectivity index (χ3n) is 4.68. The minimum atomic E-state index is -0.467. The molecule has 2 N–H and O–H groups in total. The molecule has 2 rings (SSSR count). The summed E-state index contributed by atoms with van der Waals surface area (Å²) in [5.41, 5.74) is 0. The van der Waals surface area contributed by atoms with Gasteiger partial charge >= 0.3 is 0 Å². The number of likely N-dealkylation sites (tertiary alicyclic amines) is 1. The van der Waals surface area contributed by atoms with Gasteiger partial charge in [0.25, 0.3) is 0 Å². The lowest BCUT2D eigenvalue weighted by Gasteiger charge is -2.31. The van der Waals surface area contributed by atoms with Gasteiger partial charge in [0.15, 0.2) is 0 Å². The Balaban J connectivity index is 1.59. The van der Waals surface area contributed by atoms with Gasteiger partial charge in [-0.1, -0.05) is 19.8 Å². The monoisotopic (exact) mass is 298 g/mol. The van der Waals surface area contributed by atoms with E-state index < -0.39 is 6.10 Å². The highest BCUT2D eigenvalue weighted by Crippen LogP contribution is 2.25. The molecule has 0 bridgehead atoms. The molecular formula is C16H30N2O3. The van der Waals surface area contributed by atoms with E-state index in [0.29, 0.717) is 25.7 Å². The minimum absolute atomic E-state index is 0.211. The van der Waals surface area contributed by atoms with Gasteiger partial charge in [0, 0.05) is 32.6 Å². The third-order valence-corrected chi connectivity index (χ3v) is 4.68. The molecule has 0 radical (unpaired) electrons. The first-order chi connectivity index (χ1) is 10.0. The van der Waals surface area contributed by atoms with E-state index in [1.165, 1.54) is 12.8 Å². The largest absolute Gasteiger partial charge is 0.389 e. The van der Waals surface area contributed by atoms with E-state index in [1.807, 2.05) is 7.05 Å². The van der Waals surface area contributed by atoms with Gasteiger partial charge in [-0.2, -0.15) is 0 Å². The molecule has 0 aromatic heterocycles. The lowest BCUT2D eigenvalue weighted by Crippen LogP contribution is -2.48. The molecule has 5 heteroatoms. The van der Waals surface area contributed by atoms with Crippen LogP contribution in [0.3, 0.4) is 0 Å². The van der Waals surface area contributed by atoms with Crippen LogP contribution in [-0.4, -0.2) is 60.9 Å². The van der Waals surface area contributed by atoms with Gasteiger partial charge in [0.05, 0.1) is 18.8 Å². The first-order valence-electron chi connectivity index (χ1n) is 8.31. The van der Waals surface area contributed by atoms with Crippen LogP contribution in [0.5, 0.6) is 0 Å². The summed E-state index contributed by atoms with van der Waals surface area (Å²) in [4.78, 5) is 13.2. The number of likely N-dealkylation sites (N-methyl/N-ethyl adjacent to an activating group) is 1. The molecule has 4 atom stereocenters. The number of amides is 1. The molecule has 0 aromatic carbocycles. The average molecular weight is 298 g/mol. The van der Waals surface area contributed by atoms with E-state index in [0.717, 1.165) is 31.7 Å². The van der Waals surface area contributed by atoms with Crippen molar-refractivity contribution in [3.8, 4) is 0 Å². The maximum Gasteiger partial charge on any atom is 0.222 e. The van der Waals surface area contributed by atoms with Crippen molar-refractivity contribution >= 4 is 5.91 Å². The van der Waals surface area contributed by atoms with E-state index in [-0.39, 0.29) is 11.9 Å². The molecule has 1 aliphatic carbocycles. The molecule has 5 nitrogen and oxygen atoms in total. The Morgan fingerprint density at radius 1 is 1.43 bits per heavy atom. The first kappa shape index (κ1) is 16.7. The van der Waals surface area contributed by atoms with Crippen molar-refractivity contribution in [1.29, 1.82) is 0 Å². The Morgan fingerprint density at radius 3 is 2.95 bits per heavy atom. The standard InChI is InChI=1S/C16H30N2O3/c1-12-4-3-5-15(8-12)21-11-14(19)9-17-13-6-7-16(20)18(2)10-13/h12-15,17,19H,3-11H2,1-2H3. The van der Waals surface area contributed by atoms with Crippen molar-refractivity contribution in [3.05, 3.63) is 0 Å². The highest BCUT2D eigenvalue weighted by atomic mass is 16.5. The predicted octanol–water partition coefficient (Wildman–Crippen LogP) is 1.15. The number of nitrogens with one attached hydrogen (secondary N) is 1. The Hall–Kier alpha value is -0.650. The van der Waals surface area contributed by atoms with E-state index in [1.54, 1.807) is 4.90 Å². The summed E-state index contributed by atoms with van der Waals surface area (Å²) in [6.07, 6.45) is 6.10. The van der Waals surface area contributed by atoms with Gasteiger partial charge < -0.3 is 20.1 Å². The molecule has 1 aliphatic heterocycles. The van der Waals surface area contributed by atoms with E-state index in [4.69, 9.17) is 4.74 Å². The summed E-state index contributed by atoms with van der Waals surface area (Å²) in [7, 11) is 1.83. The van der Waals surface area contributed by atoms with Gasteiger partial charge in [-0.3, -0.25) is 4.79 Å². The van der Waals surface area contributed by atoms with Gasteiger partial charge in [-0.15, -0.1) is 0 Å². The normalized spacial score (nSPS) is 32.2. The van der Waals surface area contributed by atoms with Crippen molar-refractivity contribution in [2.24, 2.45) is 5.92 Å². The highest BCUT2D eigenvalue weighted by molar-refractivity contribution is 5.76. The van der Waals surface area contributed by atoms with Crippen molar-refractivity contribution < 1.29 is 14.6 Å². The molecular weight excluding hydrogens is 268 g/mol. The number of rotatable bonds is 6. The number of ether oxygens (including phenoxy) is 1.